The van der Waals surface area contributed by atoms with Gasteiger partial charge in [0, 0.05) is 0 Å². The standard InChI is InChI=1S/C10H15.5ClH.Rh/c1-6-7(2)9(4)10(5)8(6)3;;;;;;/h1-5H3;5*1H;/q;;;;;;+5/p-5. The van der Waals surface area contributed by atoms with Gasteiger partial charge < -0.3 is 0 Å². The maximum atomic E-state index is 6.27. The van der Waals surface area contributed by atoms with Crippen LogP contribution in [0.3, 0.4) is 0 Å². The quantitative estimate of drug-likeness (QED) is 0.411. The van der Waals surface area contributed by atoms with Gasteiger partial charge >= 0.3 is 117 Å². The molecule has 6 heteroatoms. The predicted molar refractivity (Wildman–Crippen MR) is 74.4 cm³/mol. The molecule has 99 valence electrons. The van der Waals surface area contributed by atoms with Gasteiger partial charge in [-0.1, -0.05) is 0 Å². The van der Waals surface area contributed by atoms with E-state index >= 15 is 0 Å². The first-order chi connectivity index (χ1) is 6.63. The van der Waals surface area contributed by atoms with E-state index in [4.69, 9.17) is 48.5 Å². The molecule has 0 spiro atoms. The molecule has 0 saturated carbocycles. The number of allylic oxidation sites excluding steroid dienone is 4. The van der Waals surface area contributed by atoms with Gasteiger partial charge in [-0.2, -0.15) is 0 Å². The number of rotatable bonds is 1. The summed E-state index contributed by atoms with van der Waals surface area (Å²) in [7, 11) is 26.0. The summed E-state index contributed by atoms with van der Waals surface area (Å²) in [4.78, 5) is 0. The van der Waals surface area contributed by atoms with E-state index in [0.29, 0.717) is 0 Å². The van der Waals surface area contributed by atoms with E-state index in [1.54, 1.807) is 0 Å². The molecule has 16 heavy (non-hydrogen) atoms. The maximum absolute atomic E-state index is 6.27. The molecule has 0 aromatic rings. The first-order valence-corrected chi connectivity index (χ1v) is 15.9. The van der Waals surface area contributed by atoms with Gasteiger partial charge in [-0.25, -0.2) is 0 Å². The Labute approximate surface area is 116 Å². The molecule has 0 aromatic heterocycles. The second-order valence-electron chi connectivity index (χ2n) is 4.25. The molecule has 0 radical (unpaired) electrons. The summed E-state index contributed by atoms with van der Waals surface area (Å²) in [6.45, 7) is 9.66. The molecular weight excluding hydrogens is 400 g/mol. The average molecular weight is 415 g/mol. The van der Waals surface area contributed by atoms with Gasteiger partial charge in [0.05, 0.1) is 0 Å². The van der Waals surface area contributed by atoms with Gasteiger partial charge in [-0.3, -0.25) is 0 Å². The van der Waals surface area contributed by atoms with E-state index in [9.17, 15) is 0 Å². The molecule has 1 aliphatic carbocycles. The number of halogens is 5. The molecule has 0 heterocycles. The van der Waals surface area contributed by atoms with Crippen molar-refractivity contribution in [2.75, 3.05) is 0 Å². The van der Waals surface area contributed by atoms with Crippen molar-refractivity contribution in [1.29, 1.82) is 0 Å². The molecule has 0 aromatic carbocycles. The number of hydrogen-bond donors (Lipinski definition) is 0. The van der Waals surface area contributed by atoms with Crippen LogP contribution in [-0.2, 0) is 7.47 Å². The van der Waals surface area contributed by atoms with Crippen molar-refractivity contribution < 1.29 is 7.47 Å². The van der Waals surface area contributed by atoms with Crippen molar-refractivity contribution in [3.05, 3.63) is 22.3 Å². The average Bonchev–Trinajstić information content (AvgIpc) is 2.18. The fourth-order valence-electron chi connectivity index (χ4n) is 2.00. The van der Waals surface area contributed by atoms with E-state index < -0.39 is 11.5 Å². The summed E-state index contributed by atoms with van der Waals surface area (Å²) in [5, 5.41) is 0. The summed E-state index contributed by atoms with van der Waals surface area (Å²) in [6.07, 6.45) is 0. The zero-order valence-corrected chi connectivity index (χ0v) is 15.1. The first-order valence-electron chi connectivity index (χ1n) is 4.55. The van der Waals surface area contributed by atoms with Gasteiger partial charge in [0.15, 0.2) is 0 Å². The van der Waals surface area contributed by atoms with Crippen LogP contribution in [0.5, 0.6) is 0 Å². The number of hydrogen-bond acceptors (Lipinski definition) is 0. The zero-order chi connectivity index (χ0) is 13.2. The van der Waals surface area contributed by atoms with E-state index in [2.05, 4.69) is 0 Å². The fourth-order valence-corrected chi connectivity index (χ4v) is 10.5. The van der Waals surface area contributed by atoms with E-state index in [1.165, 1.54) is 0 Å². The van der Waals surface area contributed by atoms with Crippen LogP contribution < -0.4 is 0 Å². The Balaban J connectivity index is 3.72. The minimum atomic E-state index is -5.38. The second kappa shape index (κ2) is 3.35. The molecule has 0 atom stereocenters. The van der Waals surface area contributed by atoms with Gasteiger partial charge in [0.2, 0.25) is 0 Å². The zero-order valence-electron chi connectivity index (χ0n) is 9.72. The van der Waals surface area contributed by atoms with Crippen LogP contribution in [0.1, 0.15) is 34.6 Å². The molecule has 0 saturated heterocycles. The second-order valence-corrected chi connectivity index (χ2v) is 36.0. The normalized spacial score (nSPS) is 25.9. The fraction of sp³-hybridized carbons (Fsp3) is 0.600. The summed E-state index contributed by atoms with van der Waals surface area (Å²) >= 11 is 0. The monoisotopic (exact) mass is 413 g/mol. The topological polar surface area (TPSA) is 0 Å². The third kappa shape index (κ3) is 2.00. The predicted octanol–water partition coefficient (Wildman–Crippen LogP) is 6.85. The minimum absolute atomic E-state index is 0.878. The summed E-state index contributed by atoms with van der Waals surface area (Å²) in [5.41, 5.74) is 4.10. The molecule has 0 amide bonds. The van der Waals surface area contributed by atoms with Crippen LogP contribution >= 0.6 is 48.5 Å². The Kier molecular flexibility index (Phi) is 3.27. The summed E-state index contributed by atoms with van der Waals surface area (Å²) < 4.78 is -0.878. The van der Waals surface area contributed by atoms with Gasteiger partial charge in [-0.15, -0.1) is 0 Å². The van der Waals surface area contributed by atoms with Crippen LogP contribution in [0.25, 0.3) is 0 Å². The van der Waals surface area contributed by atoms with Gasteiger partial charge in [0.1, 0.15) is 0 Å². The Morgan fingerprint density at radius 1 is 0.750 bits per heavy atom. The van der Waals surface area contributed by atoms with Gasteiger partial charge in [-0.05, 0) is 0 Å². The molecular formula is C10H15Cl5Rh. The molecule has 0 nitrogen and oxygen atoms in total. The van der Waals surface area contributed by atoms with E-state index in [0.717, 1.165) is 22.3 Å². The molecule has 0 N–H and O–H groups in total. The Morgan fingerprint density at radius 2 is 1.00 bits per heavy atom. The van der Waals surface area contributed by atoms with Crippen LogP contribution in [0, 0.1) is 0 Å². The Morgan fingerprint density at radius 3 is 1.12 bits per heavy atom. The third-order valence-electron chi connectivity index (χ3n) is 3.69. The summed E-state index contributed by atoms with van der Waals surface area (Å²) in [5.74, 6) is 0. The van der Waals surface area contributed by atoms with Crippen molar-refractivity contribution in [2.24, 2.45) is 0 Å². The van der Waals surface area contributed by atoms with Crippen LogP contribution in [0.2, 0.25) is 4.01 Å². The SMILES string of the molecule is CC1=C(C)[C](C)([Rh]([Cl])([Cl])([Cl])([Cl])[Cl])C(C)=C1C. The van der Waals surface area contributed by atoms with Crippen molar-refractivity contribution in [3.8, 4) is 0 Å². The van der Waals surface area contributed by atoms with Crippen LogP contribution in [-0.4, -0.2) is 0 Å². The van der Waals surface area contributed by atoms with Crippen molar-refractivity contribution >= 4 is 48.5 Å². The van der Waals surface area contributed by atoms with Crippen LogP contribution in [0.15, 0.2) is 22.3 Å². The van der Waals surface area contributed by atoms with Crippen molar-refractivity contribution in [3.63, 3.8) is 0 Å². The van der Waals surface area contributed by atoms with Gasteiger partial charge in [0.25, 0.3) is 0 Å². The summed E-state index contributed by atoms with van der Waals surface area (Å²) in [6, 6.07) is 0. The van der Waals surface area contributed by atoms with E-state index in [-0.39, 0.29) is 0 Å². The first kappa shape index (κ1) is 15.6. The Bertz CT molecular complexity index is 399. The third-order valence-corrected chi connectivity index (χ3v) is 15.5. The molecule has 0 unspecified atom stereocenters. The molecule has 0 bridgehead atoms. The van der Waals surface area contributed by atoms with Crippen molar-refractivity contribution in [2.45, 2.75) is 38.6 Å². The molecule has 0 fully saturated rings. The van der Waals surface area contributed by atoms with Crippen molar-refractivity contribution in [1.82, 2.24) is 0 Å². The molecule has 1 aliphatic rings. The molecule has 1 rings (SSSR count). The van der Waals surface area contributed by atoms with E-state index in [1.807, 2.05) is 34.6 Å². The molecule has 0 aliphatic heterocycles. The van der Waals surface area contributed by atoms with Crippen LogP contribution in [0.4, 0.5) is 0 Å². The Hall–Kier alpha value is 1.55.